The average Bonchev–Trinajstić information content (AvgIpc) is 2.59. The lowest BCUT2D eigenvalue weighted by atomic mass is 10.1. The molecule has 25 heavy (non-hydrogen) atoms. The van der Waals surface area contributed by atoms with Gasteiger partial charge in [-0.15, -0.1) is 0 Å². The van der Waals surface area contributed by atoms with Crippen molar-refractivity contribution < 1.29 is 4.79 Å². The summed E-state index contributed by atoms with van der Waals surface area (Å²) in [7, 11) is 1.83. The zero-order chi connectivity index (χ0) is 18.3. The SMILES string of the molecule is CCCNC(=O)c1cccc(CNC(=NC)N2CCSC(C)(C)C2)c1. The minimum atomic E-state index is -0.0112. The third-order valence-corrected chi connectivity index (χ3v) is 5.41. The average molecular weight is 363 g/mol. The summed E-state index contributed by atoms with van der Waals surface area (Å²) < 4.78 is 0.243. The lowest BCUT2D eigenvalue weighted by molar-refractivity contribution is 0.0953. The molecule has 2 N–H and O–H groups in total. The molecule has 1 aliphatic rings. The summed E-state index contributed by atoms with van der Waals surface area (Å²) in [5, 5.41) is 6.36. The van der Waals surface area contributed by atoms with E-state index in [0.29, 0.717) is 18.7 Å². The monoisotopic (exact) mass is 362 g/mol. The van der Waals surface area contributed by atoms with Crippen molar-refractivity contribution in [2.45, 2.75) is 38.5 Å². The topological polar surface area (TPSA) is 56.7 Å². The van der Waals surface area contributed by atoms with Crippen molar-refractivity contribution in [2.75, 3.05) is 32.4 Å². The van der Waals surface area contributed by atoms with Crippen molar-refractivity contribution in [2.24, 2.45) is 4.99 Å². The molecule has 5 nitrogen and oxygen atoms in total. The summed E-state index contributed by atoms with van der Waals surface area (Å²) in [6.07, 6.45) is 0.938. The number of carbonyl (C=O) groups excluding carboxylic acids is 1. The zero-order valence-electron chi connectivity index (χ0n) is 15.8. The third kappa shape index (κ3) is 5.96. The van der Waals surface area contributed by atoms with E-state index in [1.165, 1.54) is 0 Å². The van der Waals surface area contributed by atoms with E-state index in [1.54, 1.807) is 0 Å². The number of benzene rings is 1. The van der Waals surface area contributed by atoms with Gasteiger partial charge in [0.25, 0.3) is 5.91 Å². The highest BCUT2D eigenvalue weighted by Gasteiger charge is 2.28. The Bertz CT molecular complexity index is 615. The molecule has 0 unspecified atom stereocenters. The maximum absolute atomic E-state index is 12.1. The van der Waals surface area contributed by atoms with Crippen LogP contribution >= 0.6 is 11.8 Å². The molecule has 1 aliphatic heterocycles. The second-order valence-corrected chi connectivity index (χ2v) is 8.69. The Balaban J connectivity index is 1.96. The molecule has 0 radical (unpaired) electrons. The number of hydrogen-bond acceptors (Lipinski definition) is 3. The summed E-state index contributed by atoms with van der Waals surface area (Å²) in [5.74, 6) is 2.03. The normalized spacial score (nSPS) is 17.3. The standard InChI is InChI=1S/C19H30N4OS/c1-5-9-21-17(24)16-8-6-7-15(12-16)13-22-18(20-4)23-10-11-25-19(2,3)14-23/h6-8,12H,5,9-11,13-14H2,1-4H3,(H,20,22)(H,21,24). The Kier molecular flexibility index (Phi) is 7.17. The van der Waals surface area contributed by atoms with Gasteiger partial charge in [0.05, 0.1) is 0 Å². The van der Waals surface area contributed by atoms with Gasteiger partial charge in [0, 0.05) is 49.3 Å². The van der Waals surface area contributed by atoms with E-state index in [4.69, 9.17) is 0 Å². The zero-order valence-corrected chi connectivity index (χ0v) is 16.6. The van der Waals surface area contributed by atoms with Crippen LogP contribution in [0.25, 0.3) is 0 Å². The number of nitrogens with zero attached hydrogens (tertiary/aromatic N) is 2. The molecule has 1 aromatic carbocycles. The number of nitrogens with one attached hydrogen (secondary N) is 2. The molecular weight excluding hydrogens is 332 g/mol. The van der Waals surface area contributed by atoms with Crippen molar-refractivity contribution in [3.63, 3.8) is 0 Å². The molecule has 0 atom stereocenters. The van der Waals surface area contributed by atoms with Crippen LogP contribution in [0.5, 0.6) is 0 Å². The van der Waals surface area contributed by atoms with Crippen LogP contribution in [0.3, 0.4) is 0 Å². The molecule has 6 heteroatoms. The predicted molar refractivity (Wildman–Crippen MR) is 107 cm³/mol. The highest BCUT2D eigenvalue weighted by molar-refractivity contribution is 8.00. The number of carbonyl (C=O) groups is 1. The van der Waals surface area contributed by atoms with E-state index in [2.05, 4.69) is 34.4 Å². The van der Waals surface area contributed by atoms with Crippen LogP contribution in [-0.2, 0) is 6.54 Å². The Labute approximate surface area is 155 Å². The molecule has 1 aromatic rings. The quantitative estimate of drug-likeness (QED) is 0.625. The van der Waals surface area contributed by atoms with Crippen LogP contribution in [0.1, 0.15) is 43.1 Å². The number of rotatable bonds is 5. The summed E-state index contributed by atoms with van der Waals surface area (Å²) in [4.78, 5) is 18.9. The summed E-state index contributed by atoms with van der Waals surface area (Å²) >= 11 is 2.01. The van der Waals surface area contributed by atoms with Crippen molar-refractivity contribution in [1.29, 1.82) is 0 Å². The fourth-order valence-corrected chi connectivity index (χ4v) is 3.99. The number of thioether (sulfide) groups is 1. The molecule has 2 rings (SSSR count). The summed E-state index contributed by atoms with van der Waals surface area (Å²) in [6.45, 7) is 9.95. The maximum Gasteiger partial charge on any atom is 0.251 e. The Hall–Kier alpha value is -1.69. The highest BCUT2D eigenvalue weighted by Crippen LogP contribution is 2.29. The van der Waals surface area contributed by atoms with Gasteiger partial charge in [0.1, 0.15) is 0 Å². The van der Waals surface area contributed by atoms with Gasteiger partial charge in [0.2, 0.25) is 0 Å². The van der Waals surface area contributed by atoms with Crippen molar-refractivity contribution in [1.82, 2.24) is 15.5 Å². The third-order valence-electron chi connectivity index (χ3n) is 4.11. The fourth-order valence-electron chi connectivity index (χ4n) is 2.87. The first kappa shape index (κ1) is 19.6. The largest absolute Gasteiger partial charge is 0.352 e. The van der Waals surface area contributed by atoms with Crippen molar-refractivity contribution >= 4 is 23.6 Å². The molecule has 1 amide bonds. The molecule has 1 heterocycles. The molecule has 0 spiro atoms. The molecule has 0 saturated carbocycles. The van der Waals surface area contributed by atoms with Gasteiger partial charge in [-0.1, -0.05) is 19.1 Å². The van der Waals surface area contributed by atoms with Gasteiger partial charge in [0.15, 0.2) is 5.96 Å². The van der Waals surface area contributed by atoms with Gasteiger partial charge in [-0.05, 0) is 38.0 Å². The van der Waals surface area contributed by atoms with Gasteiger partial charge < -0.3 is 15.5 Å². The second-order valence-electron chi connectivity index (χ2n) is 6.89. The molecule has 138 valence electrons. The van der Waals surface area contributed by atoms with E-state index in [0.717, 1.165) is 36.8 Å². The second kappa shape index (κ2) is 9.13. The molecule has 0 bridgehead atoms. The smallest absolute Gasteiger partial charge is 0.251 e. The molecule has 0 aliphatic carbocycles. The molecule has 1 saturated heterocycles. The first-order valence-electron chi connectivity index (χ1n) is 8.92. The first-order chi connectivity index (χ1) is 11.9. The van der Waals surface area contributed by atoms with E-state index in [1.807, 2.05) is 50.0 Å². The van der Waals surface area contributed by atoms with Crippen LogP contribution in [0.2, 0.25) is 0 Å². The summed E-state index contributed by atoms with van der Waals surface area (Å²) in [5.41, 5.74) is 1.79. The van der Waals surface area contributed by atoms with Gasteiger partial charge in [-0.3, -0.25) is 9.79 Å². The highest BCUT2D eigenvalue weighted by atomic mass is 32.2. The predicted octanol–water partition coefficient (Wildman–Crippen LogP) is 2.73. The van der Waals surface area contributed by atoms with Gasteiger partial charge in [-0.25, -0.2) is 0 Å². The number of hydrogen-bond donors (Lipinski definition) is 2. The Morgan fingerprint density at radius 2 is 2.16 bits per heavy atom. The minimum absolute atomic E-state index is 0.0112. The molecule has 0 aromatic heterocycles. The van der Waals surface area contributed by atoms with Crippen LogP contribution in [0, 0.1) is 0 Å². The van der Waals surface area contributed by atoms with E-state index < -0.39 is 0 Å². The van der Waals surface area contributed by atoms with Crippen LogP contribution in [-0.4, -0.2) is 53.9 Å². The van der Waals surface area contributed by atoms with Crippen LogP contribution in [0.15, 0.2) is 29.3 Å². The van der Waals surface area contributed by atoms with Gasteiger partial charge >= 0.3 is 0 Å². The summed E-state index contributed by atoms with van der Waals surface area (Å²) in [6, 6.07) is 7.77. The van der Waals surface area contributed by atoms with E-state index >= 15 is 0 Å². The van der Waals surface area contributed by atoms with Crippen molar-refractivity contribution in [3.8, 4) is 0 Å². The minimum Gasteiger partial charge on any atom is -0.352 e. The first-order valence-corrected chi connectivity index (χ1v) is 9.90. The lowest BCUT2D eigenvalue weighted by Gasteiger charge is -2.39. The fraction of sp³-hybridized carbons (Fsp3) is 0.579. The van der Waals surface area contributed by atoms with Crippen LogP contribution in [0.4, 0.5) is 0 Å². The van der Waals surface area contributed by atoms with Gasteiger partial charge in [-0.2, -0.15) is 11.8 Å². The van der Waals surface area contributed by atoms with Crippen molar-refractivity contribution in [3.05, 3.63) is 35.4 Å². The Morgan fingerprint density at radius 1 is 1.36 bits per heavy atom. The van der Waals surface area contributed by atoms with E-state index in [-0.39, 0.29) is 10.7 Å². The number of aliphatic imine (C=N–C) groups is 1. The number of amides is 1. The molecular formula is C19H30N4OS. The molecule has 1 fully saturated rings. The maximum atomic E-state index is 12.1. The van der Waals surface area contributed by atoms with E-state index in [9.17, 15) is 4.79 Å². The van der Waals surface area contributed by atoms with Crippen LogP contribution < -0.4 is 10.6 Å². The lowest BCUT2D eigenvalue weighted by Crippen LogP contribution is -2.50. The Morgan fingerprint density at radius 3 is 2.84 bits per heavy atom. The number of guanidine groups is 1.